The molecule has 0 fully saturated rings. The third-order valence-corrected chi connectivity index (χ3v) is 3.73. The molecule has 2 aromatic rings. The second kappa shape index (κ2) is 5.75. The molecular weight excluding hydrogens is 298 g/mol. The average molecular weight is 309 g/mol. The normalized spacial score (nSPS) is 10.3. The van der Waals surface area contributed by atoms with Gasteiger partial charge in [0, 0.05) is 12.3 Å². The van der Waals surface area contributed by atoms with Gasteiger partial charge in [-0.05, 0) is 18.6 Å². The smallest absolute Gasteiger partial charge is 0.346 e. The zero-order valence-corrected chi connectivity index (χ0v) is 11.7. The van der Waals surface area contributed by atoms with Crippen LogP contribution in [0.15, 0.2) is 27.9 Å². The van der Waals surface area contributed by atoms with E-state index in [-0.39, 0.29) is 11.4 Å². The fourth-order valence-electron chi connectivity index (χ4n) is 1.66. The minimum atomic E-state index is -1.06. The van der Waals surface area contributed by atoms with Crippen LogP contribution < -0.4 is 16.6 Å². The number of aromatic amines is 1. The van der Waals surface area contributed by atoms with Crippen LogP contribution in [-0.4, -0.2) is 26.5 Å². The number of carbonyl (C=O) groups excluding carboxylic acids is 1. The zero-order chi connectivity index (χ0) is 15.6. The first-order valence-corrected chi connectivity index (χ1v) is 6.62. The lowest BCUT2D eigenvalue weighted by Crippen LogP contribution is -2.32. The maximum absolute atomic E-state index is 11.8. The van der Waals surface area contributed by atoms with Crippen molar-refractivity contribution in [2.24, 2.45) is 0 Å². The summed E-state index contributed by atoms with van der Waals surface area (Å²) in [7, 11) is 0. The average Bonchev–Trinajstić information content (AvgIpc) is 2.74. The number of rotatable bonds is 4. The van der Waals surface area contributed by atoms with Crippen molar-refractivity contribution >= 4 is 28.2 Å². The number of anilines is 1. The molecule has 0 bridgehead atoms. The number of carboxylic acids is 1. The van der Waals surface area contributed by atoms with E-state index in [0.717, 1.165) is 22.0 Å². The van der Waals surface area contributed by atoms with Crippen LogP contribution in [0.2, 0.25) is 0 Å². The molecule has 2 rings (SSSR count). The first-order valence-electron chi connectivity index (χ1n) is 5.80. The van der Waals surface area contributed by atoms with E-state index in [9.17, 15) is 19.2 Å². The number of carboxylic acid groups (broad SMARTS) is 1. The van der Waals surface area contributed by atoms with E-state index in [1.807, 2.05) is 4.98 Å². The van der Waals surface area contributed by atoms with Crippen LogP contribution in [0.4, 0.5) is 5.00 Å². The maximum atomic E-state index is 11.8. The van der Waals surface area contributed by atoms with Gasteiger partial charge >= 0.3 is 11.7 Å². The van der Waals surface area contributed by atoms with Gasteiger partial charge in [0.25, 0.3) is 5.56 Å². The van der Waals surface area contributed by atoms with Gasteiger partial charge in [-0.15, -0.1) is 11.3 Å². The van der Waals surface area contributed by atoms with Crippen molar-refractivity contribution in [2.75, 3.05) is 5.32 Å². The van der Waals surface area contributed by atoms with Crippen LogP contribution in [0.3, 0.4) is 0 Å². The van der Waals surface area contributed by atoms with Gasteiger partial charge in [-0.2, -0.15) is 0 Å². The molecule has 2 heterocycles. The molecule has 0 saturated carbocycles. The highest BCUT2D eigenvalue weighted by molar-refractivity contribution is 7.18. The summed E-state index contributed by atoms with van der Waals surface area (Å²) in [6.07, 6.45) is 1.21. The van der Waals surface area contributed by atoms with Crippen molar-refractivity contribution < 1.29 is 14.7 Å². The molecule has 0 atom stereocenters. The van der Waals surface area contributed by atoms with Gasteiger partial charge in [-0.3, -0.25) is 19.1 Å². The third kappa shape index (κ3) is 3.45. The Bertz CT molecular complexity index is 817. The van der Waals surface area contributed by atoms with Gasteiger partial charge < -0.3 is 10.4 Å². The number of hydrogen-bond acceptors (Lipinski definition) is 5. The lowest BCUT2D eigenvalue weighted by Gasteiger charge is -2.04. The summed E-state index contributed by atoms with van der Waals surface area (Å²) in [6, 6.07) is 2.67. The quantitative estimate of drug-likeness (QED) is 0.747. The molecule has 9 heteroatoms. The highest BCUT2D eigenvalue weighted by atomic mass is 32.1. The van der Waals surface area contributed by atoms with E-state index in [4.69, 9.17) is 5.11 Å². The first-order chi connectivity index (χ1) is 9.86. The third-order valence-electron chi connectivity index (χ3n) is 2.59. The van der Waals surface area contributed by atoms with E-state index < -0.39 is 23.1 Å². The largest absolute Gasteiger partial charge is 0.477 e. The van der Waals surface area contributed by atoms with Gasteiger partial charge in [0.15, 0.2) is 0 Å². The molecule has 0 aliphatic rings. The summed E-state index contributed by atoms with van der Waals surface area (Å²) in [5.74, 6) is -1.56. The molecule has 1 amide bonds. The summed E-state index contributed by atoms with van der Waals surface area (Å²) in [6.45, 7) is 1.34. The molecule has 0 unspecified atom stereocenters. The predicted octanol–water partition coefficient (Wildman–Crippen LogP) is 0.243. The number of thiophene rings is 1. The van der Waals surface area contributed by atoms with Crippen molar-refractivity contribution in [2.45, 2.75) is 13.5 Å². The molecule has 2 aromatic heterocycles. The lowest BCUT2D eigenvalue weighted by atomic mass is 10.3. The van der Waals surface area contributed by atoms with Crippen molar-refractivity contribution in [3.63, 3.8) is 0 Å². The first kappa shape index (κ1) is 14.7. The van der Waals surface area contributed by atoms with Gasteiger partial charge in [-0.1, -0.05) is 0 Å². The van der Waals surface area contributed by atoms with Crippen molar-refractivity contribution in [1.29, 1.82) is 0 Å². The molecule has 0 radical (unpaired) electrons. The van der Waals surface area contributed by atoms with E-state index in [1.165, 1.54) is 6.20 Å². The topological polar surface area (TPSA) is 121 Å². The molecule has 0 aliphatic carbocycles. The molecular formula is C12H11N3O5S. The van der Waals surface area contributed by atoms with Crippen LogP contribution in [0, 0.1) is 6.92 Å². The van der Waals surface area contributed by atoms with Crippen LogP contribution in [-0.2, 0) is 11.3 Å². The number of hydrogen-bond donors (Lipinski definition) is 3. The van der Waals surface area contributed by atoms with Crippen LogP contribution in [0.1, 0.15) is 15.2 Å². The number of aromatic carboxylic acids is 1. The monoisotopic (exact) mass is 309 g/mol. The molecule has 21 heavy (non-hydrogen) atoms. The molecule has 3 N–H and O–H groups in total. The minimum absolute atomic E-state index is 0.145. The molecule has 0 aromatic carbocycles. The van der Waals surface area contributed by atoms with E-state index in [2.05, 4.69) is 5.32 Å². The van der Waals surface area contributed by atoms with Crippen LogP contribution >= 0.6 is 11.3 Å². The molecule has 0 aliphatic heterocycles. The fourth-order valence-corrected chi connectivity index (χ4v) is 2.58. The Kier molecular flexibility index (Phi) is 4.03. The van der Waals surface area contributed by atoms with Gasteiger partial charge in [0.2, 0.25) is 5.91 Å². The summed E-state index contributed by atoms with van der Waals surface area (Å²) < 4.78 is 1.04. The summed E-state index contributed by atoms with van der Waals surface area (Å²) >= 11 is 0.936. The number of H-pyrrole nitrogens is 1. The standard InChI is InChI=1S/C12H11N3O5S/c1-6-4-9(21-10(6)11(18)19)13-8(17)5-15-3-2-7(16)14-12(15)20/h2-4H,5H2,1H3,(H,13,17)(H,18,19)(H,14,16,20). The molecule has 0 spiro atoms. The van der Waals surface area contributed by atoms with E-state index >= 15 is 0 Å². The Balaban J connectivity index is 2.11. The number of nitrogens with zero attached hydrogens (tertiary/aromatic N) is 1. The fraction of sp³-hybridized carbons (Fsp3) is 0.167. The lowest BCUT2D eigenvalue weighted by molar-refractivity contribution is -0.116. The molecule has 110 valence electrons. The van der Waals surface area contributed by atoms with Crippen molar-refractivity contribution in [3.05, 3.63) is 49.6 Å². The number of aromatic nitrogens is 2. The Hall–Kier alpha value is -2.68. The van der Waals surface area contributed by atoms with Crippen molar-refractivity contribution in [1.82, 2.24) is 9.55 Å². The Morgan fingerprint density at radius 1 is 1.43 bits per heavy atom. The Morgan fingerprint density at radius 2 is 2.14 bits per heavy atom. The molecule has 8 nitrogen and oxygen atoms in total. The zero-order valence-electron chi connectivity index (χ0n) is 10.9. The number of nitrogens with one attached hydrogen (secondary N) is 2. The Morgan fingerprint density at radius 3 is 2.71 bits per heavy atom. The number of aryl methyl sites for hydroxylation is 1. The second-order valence-corrected chi connectivity index (χ2v) is 5.27. The predicted molar refractivity (Wildman–Crippen MR) is 76.0 cm³/mol. The SMILES string of the molecule is Cc1cc(NC(=O)Cn2ccc(=O)[nH]c2=O)sc1C(=O)O. The summed E-state index contributed by atoms with van der Waals surface area (Å²) in [4.78, 5) is 47.2. The second-order valence-electron chi connectivity index (χ2n) is 4.21. The maximum Gasteiger partial charge on any atom is 0.346 e. The van der Waals surface area contributed by atoms with E-state index in [1.54, 1.807) is 13.0 Å². The van der Waals surface area contributed by atoms with E-state index in [0.29, 0.717) is 10.6 Å². The van der Waals surface area contributed by atoms with Gasteiger partial charge in [0.1, 0.15) is 11.4 Å². The highest BCUT2D eigenvalue weighted by Gasteiger charge is 2.14. The van der Waals surface area contributed by atoms with Gasteiger partial charge in [0.05, 0.1) is 5.00 Å². The summed E-state index contributed by atoms with van der Waals surface area (Å²) in [5, 5.41) is 11.8. The van der Waals surface area contributed by atoms with Crippen molar-refractivity contribution in [3.8, 4) is 0 Å². The van der Waals surface area contributed by atoms with Crippen LogP contribution in [0.25, 0.3) is 0 Å². The number of amides is 1. The van der Waals surface area contributed by atoms with Crippen LogP contribution in [0.5, 0.6) is 0 Å². The Labute approximate surface area is 121 Å². The minimum Gasteiger partial charge on any atom is -0.477 e. The highest BCUT2D eigenvalue weighted by Crippen LogP contribution is 2.26. The van der Waals surface area contributed by atoms with Gasteiger partial charge in [-0.25, -0.2) is 9.59 Å². The summed E-state index contributed by atoms with van der Waals surface area (Å²) in [5.41, 5.74) is -0.688. The number of carbonyl (C=O) groups is 2. The molecule has 0 saturated heterocycles.